The molecular formula is C19H23NO5. The van der Waals surface area contributed by atoms with Crippen LogP contribution in [-0.2, 0) is 23.9 Å². The monoisotopic (exact) mass is 345 g/mol. The molecule has 1 aliphatic carbocycles. The van der Waals surface area contributed by atoms with E-state index in [-0.39, 0.29) is 42.2 Å². The minimum Gasteiger partial charge on any atom is -0.465 e. The lowest BCUT2D eigenvalue weighted by molar-refractivity contribution is -0.142. The molecule has 3 unspecified atom stereocenters. The Bertz CT molecular complexity index is 675. The fraction of sp³-hybridized carbons (Fsp3) is 0.526. The Morgan fingerprint density at radius 1 is 1.32 bits per heavy atom. The van der Waals surface area contributed by atoms with Crippen molar-refractivity contribution >= 4 is 17.7 Å². The Hall–Kier alpha value is -2.21. The predicted octanol–water partition coefficient (Wildman–Crippen LogP) is 1.42. The summed E-state index contributed by atoms with van der Waals surface area (Å²) in [7, 11) is 0. The Morgan fingerprint density at radius 3 is 2.84 bits per heavy atom. The topological polar surface area (TPSA) is 72.9 Å². The number of rotatable bonds is 4. The van der Waals surface area contributed by atoms with Gasteiger partial charge >= 0.3 is 11.9 Å². The minimum absolute atomic E-state index is 0.0488. The van der Waals surface area contributed by atoms with Gasteiger partial charge in [-0.25, -0.2) is 4.79 Å². The van der Waals surface area contributed by atoms with E-state index in [1.807, 2.05) is 12.2 Å². The zero-order valence-corrected chi connectivity index (χ0v) is 14.6. The van der Waals surface area contributed by atoms with Gasteiger partial charge in [0.1, 0.15) is 6.61 Å². The SMILES string of the molecule is CCOC(=O)C1=CC2CCN3CC(=O)C=CC(COC(C)=O)C(=C1)C23. The third-order valence-corrected chi connectivity index (χ3v) is 4.88. The Balaban J connectivity index is 1.97. The van der Waals surface area contributed by atoms with E-state index in [1.54, 1.807) is 19.1 Å². The van der Waals surface area contributed by atoms with Crippen LogP contribution in [0.3, 0.4) is 0 Å². The number of ether oxygens (including phenoxy) is 2. The quantitative estimate of drug-likeness (QED) is 0.718. The van der Waals surface area contributed by atoms with Crippen LogP contribution in [0.5, 0.6) is 0 Å². The Morgan fingerprint density at radius 2 is 2.12 bits per heavy atom. The van der Waals surface area contributed by atoms with Gasteiger partial charge in [-0.1, -0.05) is 12.2 Å². The lowest BCUT2D eigenvalue weighted by atomic mass is 9.79. The maximum atomic E-state index is 12.2. The number of carbonyl (C=O) groups is 3. The van der Waals surface area contributed by atoms with Gasteiger partial charge in [0.15, 0.2) is 5.78 Å². The highest BCUT2D eigenvalue weighted by atomic mass is 16.5. The van der Waals surface area contributed by atoms with E-state index in [0.29, 0.717) is 18.7 Å². The first-order chi connectivity index (χ1) is 12.0. The van der Waals surface area contributed by atoms with Crippen LogP contribution in [0.1, 0.15) is 20.3 Å². The van der Waals surface area contributed by atoms with Crippen molar-refractivity contribution in [1.29, 1.82) is 0 Å². The first-order valence-electron chi connectivity index (χ1n) is 8.68. The van der Waals surface area contributed by atoms with Gasteiger partial charge in [-0.2, -0.15) is 0 Å². The van der Waals surface area contributed by atoms with Crippen LogP contribution in [0.4, 0.5) is 0 Å². The molecule has 0 aromatic carbocycles. The molecule has 0 spiro atoms. The molecular weight excluding hydrogens is 322 g/mol. The van der Waals surface area contributed by atoms with E-state index in [1.165, 1.54) is 6.92 Å². The Kier molecular flexibility index (Phi) is 5.18. The molecule has 3 aliphatic rings. The summed E-state index contributed by atoms with van der Waals surface area (Å²) in [6.45, 7) is 4.81. The van der Waals surface area contributed by atoms with Crippen molar-refractivity contribution in [2.45, 2.75) is 26.3 Å². The summed E-state index contributed by atoms with van der Waals surface area (Å²) >= 11 is 0. The van der Waals surface area contributed by atoms with Gasteiger partial charge < -0.3 is 9.47 Å². The van der Waals surface area contributed by atoms with E-state index < -0.39 is 0 Å². The molecule has 0 N–H and O–H groups in total. The van der Waals surface area contributed by atoms with Gasteiger partial charge in [0, 0.05) is 18.9 Å². The first kappa shape index (κ1) is 17.6. The summed E-state index contributed by atoms with van der Waals surface area (Å²) in [6.07, 6.45) is 8.05. The number of carbonyl (C=O) groups excluding carboxylic acids is 3. The lowest BCUT2D eigenvalue weighted by Gasteiger charge is -2.35. The molecule has 0 saturated carbocycles. The zero-order valence-electron chi connectivity index (χ0n) is 14.6. The largest absolute Gasteiger partial charge is 0.465 e. The van der Waals surface area contributed by atoms with Gasteiger partial charge in [-0.05, 0) is 43.5 Å². The van der Waals surface area contributed by atoms with Crippen LogP contribution < -0.4 is 0 Å². The lowest BCUT2D eigenvalue weighted by Crippen LogP contribution is -2.42. The van der Waals surface area contributed by atoms with Crippen LogP contribution in [0, 0.1) is 11.8 Å². The van der Waals surface area contributed by atoms with Gasteiger partial charge in [0.25, 0.3) is 0 Å². The second kappa shape index (κ2) is 7.35. The minimum atomic E-state index is -0.362. The fourth-order valence-corrected chi connectivity index (χ4v) is 3.85. The van der Waals surface area contributed by atoms with E-state index in [0.717, 1.165) is 18.5 Å². The van der Waals surface area contributed by atoms with Crippen molar-refractivity contribution in [2.24, 2.45) is 11.8 Å². The smallest absolute Gasteiger partial charge is 0.337 e. The standard InChI is InChI=1S/C19H23NO5/c1-3-24-19(23)15-8-13-6-7-20-10-16(22)5-4-14(11-25-12(2)21)17(9-15)18(13)20/h4-5,8-9,13-14,18H,3,6-7,10-11H2,1-2H3. The Labute approximate surface area is 147 Å². The van der Waals surface area contributed by atoms with E-state index in [9.17, 15) is 14.4 Å². The molecule has 0 bridgehead atoms. The third kappa shape index (κ3) is 3.74. The molecule has 0 aromatic rings. The highest BCUT2D eigenvalue weighted by Crippen LogP contribution is 2.40. The summed E-state index contributed by atoms with van der Waals surface area (Å²) in [6, 6.07) is 0.0626. The maximum absolute atomic E-state index is 12.2. The fourth-order valence-electron chi connectivity index (χ4n) is 3.85. The van der Waals surface area contributed by atoms with Crippen molar-refractivity contribution in [3.05, 3.63) is 35.5 Å². The van der Waals surface area contributed by atoms with Crippen molar-refractivity contribution in [1.82, 2.24) is 4.90 Å². The average molecular weight is 345 g/mol. The predicted molar refractivity (Wildman–Crippen MR) is 90.5 cm³/mol. The molecule has 0 aromatic heterocycles. The number of hydrogen-bond acceptors (Lipinski definition) is 6. The van der Waals surface area contributed by atoms with E-state index in [2.05, 4.69) is 4.90 Å². The van der Waals surface area contributed by atoms with Crippen molar-refractivity contribution < 1.29 is 23.9 Å². The van der Waals surface area contributed by atoms with Crippen molar-refractivity contribution in [3.63, 3.8) is 0 Å². The van der Waals surface area contributed by atoms with Crippen LogP contribution >= 0.6 is 0 Å². The molecule has 6 nitrogen and oxygen atoms in total. The molecule has 134 valence electrons. The number of hydrogen-bond donors (Lipinski definition) is 0. The third-order valence-electron chi connectivity index (χ3n) is 4.88. The molecule has 2 aliphatic heterocycles. The molecule has 0 radical (unpaired) electrons. The molecule has 0 amide bonds. The van der Waals surface area contributed by atoms with E-state index >= 15 is 0 Å². The van der Waals surface area contributed by atoms with Crippen LogP contribution in [-0.4, -0.2) is 55.0 Å². The van der Waals surface area contributed by atoms with Crippen molar-refractivity contribution in [2.75, 3.05) is 26.3 Å². The van der Waals surface area contributed by atoms with Gasteiger partial charge in [-0.15, -0.1) is 0 Å². The highest BCUT2D eigenvalue weighted by Gasteiger charge is 2.42. The summed E-state index contributed by atoms with van der Waals surface area (Å²) in [5, 5.41) is 0. The summed E-state index contributed by atoms with van der Waals surface area (Å²) in [4.78, 5) is 37.7. The van der Waals surface area contributed by atoms with Crippen LogP contribution in [0.15, 0.2) is 35.5 Å². The van der Waals surface area contributed by atoms with E-state index in [4.69, 9.17) is 9.47 Å². The van der Waals surface area contributed by atoms with Gasteiger partial charge in [0.2, 0.25) is 0 Å². The second-order valence-electron chi connectivity index (χ2n) is 6.59. The average Bonchev–Trinajstić information content (AvgIpc) is 2.95. The molecule has 3 rings (SSSR count). The molecule has 1 saturated heterocycles. The highest BCUT2D eigenvalue weighted by molar-refractivity contribution is 5.93. The summed E-state index contributed by atoms with van der Waals surface area (Å²) in [5.74, 6) is -0.704. The molecule has 1 fully saturated rings. The maximum Gasteiger partial charge on any atom is 0.337 e. The van der Waals surface area contributed by atoms with Crippen LogP contribution in [0.25, 0.3) is 0 Å². The van der Waals surface area contributed by atoms with Gasteiger partial charge in [-0.3, -0.25) is 14.5 Å². The summed E-state index contributed by atoms with van der Waals surface area (Å²) < 4.78 is 10.4. The number of esters is 2. The number of nitrogens with zero attached hydrogens (tertiary/aromatic N) is 1. The molecule has 6 heteroatoms. The molecule has 3 atom stereocenters. The molecule has 2 heterocycles. The normalized spacial score (nSPS) is 28.4. The number of ketones is 1. The van der Waals surface area contributed by atoms with Crippen LogP contribution in [0.2, 0.25) is 0 Å². The zero-order chi connectivity index (χ0) is 18.0. The molecule has 25 heavy (non-hydrogen) atoms. The summed E-state index contributed by atoms with van der Waals surface area (Å²) in [5.41, 5.74) is 1.56. The first-order valence-corrected chi connectivity index (χ1v) is 8.68. The second-order valence-corrected chi connectivity index (χ2v) is 6.59. The van der Waals surface area contributed by atoms with Gasteiger partial charge in [0.05, 0.1) is 18.7 Å². The van der Waals surface area contributed by atoms with Crippen molar-refractivity contribution in [3.8, 4) is 0 Å².